The second-order valence-electron chi connectivity index (χ2n) is 8.53. The average molecular weight is 352 g/mol. The fourth-order valence-electron chi connectivity index (χ4n) is 2.53. The van der Waals surface area contributed by atoms with Crippen LogP contribution >= 0.6 is 0 Å². The van der Waals surface area contributed by atoms with Crippen LogP contribution in [0.5, 0.6) is 0 Å². The van der Waals surface area contributed by atoms with Crippen molar-refractivity contribution in [1.29, 1.82) is 0 Å². The Morgan fingerprint density at radius 2 is 1.80 bits per heavy atom. The van der Waals surface area contributed by atoms with Gasteiger partial charge in [-0.25, -0.2) is 4.39 Å². The lowest BCUT2D eigenvalue weighted by atomic mass is 9.82. The van der Waals surface area contributed by atoms with Crippen LogP contribution in [-0.2, 0) is 21.1 Å². The predicted molar refractivity (Wildman–Crippen MR) is 97.6 cm³/mol. The second-order valence-corrected chi connectivity index (χ2v) is 8.53. The van der Waals surface area contributed by atoms with Gasteiger partial charge in [0.15, 0.2) is 0 Å². The monoisotopic (exact) mass is 352 g/mol. The van der Waals surface area contributed by atoms with Crippen LogP contribution in [0.4, 0.5) is 4.39 Å². The number of hydrogen-bond donors (Lipinski definition) is 0. The van der Waals surface area contributed by atoms with Crippen LogP contribution < -0.4 is 0 Å². The predicted octanol–water partition coefficient (Wildman–Crippen LogP) is 3.94. The zero-order valence-corrected chi connectivity index (χ0v) is 16.6. The van der Waals surface area contributed by atoms with Gasteiger partial charge in [0.05, 0.1) is 29.6 Å². The minimum atomic E-state index is -1.02. The Kier molecular flexibility index (Phi) is 5.52. The van der Waals surface area contributed by atoms with E-state index in [-0.39, 0.29) is 5.60 Å². The number of nitrogens with zero attached hydrogens (tertiary/aromatic N) is 2. The van der Waals surface area contributed by atoms with E-state index in [1.165, 1.54) is 0 Å². The lowest BCUT2D eigenvalue weighted by molar-refractivity contribution is 0.000564. The first kappa shape index (κ1) is 20.1. The first-order chi connectivity index (χ1) is 11.3. The number of aryl methyl sites for hydroxylation is 1. The molecule has 5 nitrogen and oxygen atoms in total. The maximum atomic E-state index is 15.3. The standard InChI is InChI=1S/C18H30BFN2O3/c1-16(2,3)23-10-9-14(13-11-21-22(8)12-13)15(20)19-24-17(4,5)18(6,7)25-19/h11-12H,9-10H2,1-8H3. The molecular formula is C18H30BFN2O3. The third-order valence-electron chi connectivity index (χ3n) is 4.69. The topological polar surface area (TPSA) is 45.5 Å². The third kappa shape index (κ3) is 4.71. The minimum absolute atomic E-state index is 0.277. The highest BCUT2D eigenvalue weighted by molar-refractivity contribution is 6.55. The molecular weight excluding hydrogens is 322 g/mol. The molecule has 1 aliphatic rings. The van der Waals surface area contributed by atoms with E-state index < -0.39 is 24.0 Å². The largest absolute Gasteiger partial charge is 0.525 e. The number of ether oxygens (including phenoxy) is 1. The Morgan fingerprint density at radius 1 is 1.24 bits per heavy atom. The van der Waals surface area contributed by atoms with Gasteiger partial charge < -0.3 is 14.0 Å². The molecule has 2 heterocycles. The van der Waals surface area contributed by atoms with E-state index in [2.05, 4.69) is 5.10 Å². The highest BCUT2D eigenvalue weighted by atomic mass is 19.1. The molecule has 1 aromatic rings. The first-order valence-corrected chi connectivity index (χ1v) is 8.69. The van der Waals surface area contributed by atoms with Crippen LogP contribution in [0.25, 0.3) is 5.57 Å². The maximum absolute atomic E-state index is 15.3. The van der Waals surface area contributed by atoms with Gasteiger partial charge in [0.2, 0.25) is 0 Å². The summed E-state index contributed by atoms with van der Waals surface area (Å²) >= 11 is 0. The molecule has 2 rings (SSSR count). The van der Waals surface area contributed by atoms with Gasteiger partial charge in [0.1, 0.15) is 5.73 Å². The summed E-state index contributed by atoms with van der Waals surface area (Å²) < 4.78 is 34.5. The van der Waals surface area contributed by atoms with E-state index in [1.54, 1.807) is 24.1 Å². The highest BCUT2D eigenvalue weighted by Crippen LogP contribution is 2.40. The Hall–Kier alpha value is -1.18. The van der Waals surface area contributed by atoms with Crippen LogP contribution in [0.15, 0.2) is 18.1 Å². The number of aromatic nitrogens is 2. The van der Waals surface area contributed by atoms with Crippen molar-refractivity contribution >= 4 is 12.7 Å². The average Bonchev–Trinajstić information content (AvgIpc) is 2.95. The Balaban J connectivity index is 2.28. The van der Waals surface area contributed by atoms with Crippen LogP contribution in [0, 0.1) is 0 Å². The summed E-state index contributed by atoms with van der Waals surface area (Å²) in [6, 6.07) is 0. The van der Waals surface area contributed by atoms with Crippen molar-refractivity contribution < 1.29 is 18.4 Å². The van der Waals surface area contributed by atoms with Gasteiger partial charge in [0, 0.05) is 18.8 Å². The zero-order chi connectivity index (χ0) is 19.0. The Morgan fingerprint density at radius 3 is 2.24 bits per heavy atom. The molecule has 0 N–H and O–H groups in total. The number of halogens is 1. The van der Waals surface area contributed by atoms with Crippen molar-refractivity contribution in [3.63, 3.8) is 0 Å². The number of rotatable bonds is 5. The summed E-state index contributed by atoms with van der Waals surface area (Å²) in [4.78, 5) is 0. The molecule has 7 heteroatoms. The summed E-state index contributed by atoms with van der Waals surface area (Å²) in [7, 11) is 0.786. The van der Waals surface area contributed by atoms with Crippen molar-refractivity contribution in [2.75, 3.05) is 6.61 Å². The second kappa shape index (κ2) is 6.85. The van der Waals surface area contributed by atoms with Crippen LogP contribution in [0.1, 0.15) is 60.5 Å². The van der Waals surface area contributed by atoms with Crippen LogP contribution in [-0.4, -0.2) is 40.3 Å². The van der Waals surface area contributed by atoms with Gasteiger partial charge in [-0.2, -0.15) is 5.10 Å². The van der Waals surface area contributed by atoms with Crippen molar-refractivity contribution in [1.82, 2.24) is 9.78 Å². The highest BCUT2D eigenvalue weighted by Gasteiger charge is 2.53. The molecule has 0 saturated carbocycles. The molecule has 0 bridgehead atoms. The summed E-state index contributed by atoms with van der Waals surface area (Å²) in [6.45, 7) is 14.0. The molecule has 0 aliphatic carbocycles. The molecule has 1 aliphatic heterocycles. The van der Waals surface area contributed by atoms with Gasteiger partial charge in [-0.1, -0.05) is 0 Å². The van der Waals surface area contributed by atoms with Gasteiger partial charge >= 0.3 is 7.12 Å². The normalized spacial score (nSPS) is 20.8. The first-order valence-electron chi connectivity index (χ1n) is 8.69. The molecule has 25 heavy (non-hydrogen) atoms. The summed E-state index contributed by atoms with van der Waals surface area (Å²) in [6.07, 6.45) is 3.85. The quantitative estimate of drug-likeness (QED) is 0.753. The lowest BCUT2D eigenvalue weighted by Gasteiger charge is -2.32. The fraction of sp³-hybridized carbons (Fsp3) is 0.722. The molecule has 0 spiro atoms. The van der Waals surface area contributed by atoms with E-state index in [0.717, 1.165) is 0 Å². The summed E-state index contributed by atoms with van der Waals surface area (Å²) in [5.41, 5.74) is -0.637. The summed E-state index contributed by atoms with van der Waals surface area (Å²) in [5.74, 6) is 0. The van der Waals surface area contributed by atoms with Gasteiger partial charge in [0.25, 0.3) is 0 Å². The smallest absolute Gasteiger partial charge is 0.398 e. The molecule has 0 aromatic carbocycles. The molecule has 1 saturated heterocycles. The van der Waals surface area contributed by atoms with E-state index >= 15 is 4.39 Å². The van der Waals surface area contributed by atoms with E-state index in [0.29, 0.717) is 24.2 Å². The van der Waals surface area contributed by atoms with Crippen molar-refractivity contribution in [2.45, 2.75) is 71.7 Å². The van der Waals surface area contributed by atoms with E-state index in [1.807, 2.05) is 48.5 Å². The van der Waals surface area contributed by atoms with Crippen molar-refractivity contribution in [3.8, 4) is 0 Å². The van der Waals surface area contributed by atoms with Gasteiger partial charge in [-0.05, 0) is 60.5 Å². The Labute approximate surface area is 150 Å². The van der Waals surface area contributed by atoms with Gasteiger partial charge in [-0.3, -0.25) is 4.68 Å². The Bertz CT molecular complexity index is 631. The molecule has 0 unspecified atom stereocenters. The maximum Gasteiger partial charge on any atom is 0.525 e. The molecule has 1 fully saturated rings. The van der Waals surface area contributed by atoms with Crippen LogP contribution in [0.2, 0.25) is 0 Å². The fourth-order valence-corrected chi connectivity index (χ4v) is 2.53. The lowest BCUT2D eigenvalue weighted by Crippen LogP contribution is -2.41. The molecule has 0 radical (unpaired) electrons. The van der Waals surface area contributed by atoms with Crippen LogP contribution in [0.3, 0.4) is 0 Å². The number of hydrogen-bond acceptors (Lipinski definition) is 4. The third-order valence-corrected chi connectivity index (χ3v) is 4.69. The molecule has 0 amide bonds. The molecule has 140 valence electrons. The summed E-state index contributed by atoms with van der Waals surface area (Å²) in [5, 5.41) is 4.15. The zero-order valence-electron chi connectivity index (χ0n) is 16.6. The van der Waals surface area contributed by atoms with E-state index in [4.69, 9.17) is 14.0 Å². The molecule has 1 aromatic heterocycles. The SMILES string of the molecule is Cn1cc(C(CCOC(C)(C)C)=C(F)B2OC(C)(C)C(C)(C)O2)cn1. The molecule has 0 atom stereocenters. The van der Waals surface area contributed by atoms with Gasteiger partial charge in [-0.15, -0.1) is 0 Å². The van der Waals surface area contributed by atoms with E-state index in [9.17, 15) is 0 Å². The minimum Gasteiger partial charge on any atom is -0.398 e. The van der Waals surface area contributed by atoms with Crippen molar-refractivity contribution in [2.24, 2.45) is 7.05 Å². The van der Waals surface area contributed by atoms with Crippen molar-refractivity contribution in [3.05, 3.63) is 23.7 Å².